The van der Waals surface area contributed by atoms with Crippen LogP contribution in [0.5, 0.6) is 0 Å². The van der Waals surface area contributed by atoms with Crippen LogP contribution in [-0.2, 0) is 11.3 Å². The van der Waals surface area contributed by atoms with Crippen molar-refractivity contribution in [3.05, 3.63) is 17.8 Å². The third-order valence-corrected chi connectivity index (χ3v) is 5.51. The predicted molar refractivity (Wildman–Crippen MR) is 105 cm³/mol. The minimum absolute atomic E-state index is 0.172. The van der Waals surface area contributed by atoms with Gasteiger partial charge >= 0.3 is 6.09 Å². The molecule has 2 aliphatic heterocycles. The quantitative estimate of drug-likeness (QED) is 0.770. The number of oxazole rings is 1. The molecule has 6 heteroatoms. The van der Waals surface area contributed by atoms with E-state index in [1.165, 1.54) is 12.8 Å². The minimum atomic E-state index is -0.457. The van der Waals surface area contributed by atoms with Crippen LogP contribution in [0, 0.1) is 0 Å². The summed E-state index contributed by atoms with van der Waals surface area (Å²) in [6, 6.07) is 0.572. The number of hydrogen-bond donors (Lipinski definition) is 0. The fourth-order valence-corrected chi connectivity index (χ4v) is 4.23. The standard InChI is InChI=1S/C21H35N3O3/c1-15(2)18-13-22-19(26-18)14-23-11-7-6-9-16(23)17-10-8-12-24(17)20(25)27-21(3,4)5/h13,15-17H,6-12,14H2,1-5H3/t16-,17-/m1/s1. The Kier molecular flexibility index (Phi) is 6.14. The molecule has 3 heterocycles. The summed E-state index contributed by atoms with van der Waals surface area (Å²) < 4.78 is 11.6. The zero-order valence-corrected chi connectivity index (χ0v) is 17.5. The average Bonchev–Trinajstić information content (AvgIpc) is 3.23. The fourth-order valence-electron chi connectivity index (χ4n) is 4.23. The van der Waals surface area contributed by atoms with Gasteiger partial charge in [0.2, 0.25) is 5.89 Å². The molecule has 6 nitrogen and oxygen atoms in total. The first-order chi connectivity index (χ1) is 12.7. The van der Waals surface area contributed by atoms with Gasteiger partial charge in [0.1, 0.15) is 11.4 Å². The summed E-state index contributed by atoms with van der Waals surface area (Å²) in [6.07, 6.45) is 7.28. The molecule has 2 atom stereocenters. The normalized spacial score (nSPS) is 24.6. The number of carbonyl (C=O) groups is 1. The van der Waals surface area contributed by atoms with Crippen LogP contribution in [0.3, 0.4) is 0 Å². The highest BCUT2D eigenvalue weighted by Gasteiger charge is 2.40. The second-order valence-electron chi connectivity index (χ2n) is 9.23. The van der Waals surface area contributed by atoms with E-state index in [0.717, 1.165) is 50.5 Å². The fraction of sp³-hybridized carbons (Fsp3) is 0.810. The highest BCUT2D eigenvalue weighted by Crippen LogP contribution is 2.31. The minimum Gasteiger partial charge on any atom is -0.444 e. The molecule has 0 unspecified atom stereocenters. The van der Waals surface area contributed by atoms with Crippen LogP contribution in [0.25, 0.3) is 0 Å². The zero-order valence-electron chi connectivity index (χ0n) is 17.5. The van der Waals surface area contributed by atoms with Gasteiger partial charge in [0, 0.05) is 18.5 Å². The molecule has 2 fully saturated rings. The first-order valence-electron chi connectivity index (χ1n) is 10.4. The highest BCUT2D eigenvalue weighted by molar-refractivity contribution is 5.69. The number of amides is 1. The lowest BCUT2D eigenvalue weighted by Gasteiger charge is -2.41. The summed E-state index contributed by atoms with van der Waals surface area (Å²) in [7, 11) is 0. The van der Waals surface area contributed by atoms with E-state index in [4.69, 9.17) is 9.15 Å². The van der Waals surface area contributed by atoms with Crippen LogP contribution in [0.1, 0.15) is 84.3 Å². The van der Waals surface area contributed by atoms with Gasteiger partial charge < -0.3 is 14.1 Å². The van der Waals surface area contributed by atoms with Crippen molar-refractivity contribution >= 4 is 6.09 Å². The Morgan fingerprint density at radius 2 is 1.96 bits per heavy atom. The van der Waals surface area contributed by atoms with Crippen LogP contribution in [0.15, 0.2) is 10.6 Å². The Labute approximate surface area is 163 Å². The Morgan fingerprint density at radius 3 is 2.63 bits per heavy atom. The van der Waals surface area contributed by atoms with Crippen molar-refractivity contribution in [3.63, 3.8) is 0 Å². The molecule has 27 heavy (non-hydrogen) atoms. The predicted octanol–water partition coefficient (Wildman–Crippen LogP) is 4.55. The van der Waals surface area contributed by atoms with Gasteiger partial charge in [-0.2, -0.15) is 0 Å². The third-order valence-electron chi connectivity index (χ3n) is 5.51. The van der Waals surface area contributed by atoms with Crippen molar-refractivity contribution < 1.29 is 13.9 Å². The topological polar surface area (TPSA) is 58.8 Å². The maximum Gasteiger partial charge on any atom is 0.410 e. The number of likely N-dealkylation sites (tertiary alicyclic amines) is 2. The molecular formula is C21H35N3O3. The molecule has 1 aromatic rings. The van der Waals surface area contributed by atoms with E-state index in [9.17, 15) is 4.79 Å². The van der Waals surface area contributed by atoms with Gasteiger partial charge in [-0.25, -0.2) is 9.78 Å². The summed E-state index contributed by atoms with van der Waals surface area (Å²) in [5, 5.41) is 0. The van der Waals surface area contributed by atoms with E-state index >= 15 is 0 Å². The zero-order chi connectivity index (χ0) is 19.6. The van der Waals surface area contributed by atoms with Gasteiger partial charge in [-0.1, -0.05) is 20.3 Å². The van der Waals surface area contributed by atoms with Gasteiger partial charge in [-0.15, -0.1) is 0 Å². The highest BCUT2D eigenvalue weighted by atomic mass is 16.6. The molecule has 0 saturated carbocycles. The third kappa shape index (κ3) is 5.03. The number of rotatable bonds is 4. The molecular weight excluding hydrogens is 342 g/mol. The number of ether oxygens (including phenoxy) is 1. The number of aromatic nitrogens is 1. The Bertz CT molecular complexity index is 635. The Hall–Kier alpha value is -1.56. The summed E-state index contributed by atoms with van der Waals surface area (Å²) >= 11 is 0. The molecule has 2 saturated heterocycles. The lowest BCUT2D eigenvalue weighted by molar-refractivity contribution is 0.00533. The van der Waals surface area contributed by atoms with Gasteiger partial charge in [0.05, 0.1) is 18.8 Å². The van der Waals surface area contributed by atoms with E-state index in [2.05, 4.69) is 23.7 Å². The molecule has 3 rings (SSSR count). The van der Waals surface area contributed by atoms with Gasteiger partial charge in [-0.05, 0) is 53.0 Å². The van der Waals surface area contributed by atoms with Crippen molar-refractivity contribution in [1.29, 1.82) is 0 Å². The van der Waals surface area contributed by atoms with Crippen LogP contribution in [0.4, 0.5) is 4.79 Å². The van der Waals surface area contributed by atoms with E-state index in [-0.39, 0.29) is 12.1 Å². The molecule has 0 N–H and O–H groups in total. The van der Waals surface area contributed by atoms with E-state index in [0.29, 0.717) is 12.0 Å². The first-order valence-corrected chi connectivity index (χ1v) is 10.4. The number of carbonyl (C=O) groups excluding carboxylic acids is 1. The second-order valence-corrected chi connectivity index (χ2v) is 9.23. The van der Waals surface area contributed by atoms with Crippen molar-refractivity contribution in [2.24, 2.45) is 0 Å². The largest absolute Gasteiger partial charge is 0.444 e. The molecule has 2 aliphatic rings. The van der Waals surface area contributed by atoms with Crippen LogP contribution >= 0.6 is 0 Å². The molecule has 0 spiro atoms. The summed E-state index contributed by atoms with van der Waals surface area (Å²) in [5.74, 6) is 2.07. The van der Waals surface area contributed by atoms with Crippen molar-refractivity contribution in [3.8, 4) is 0 Å². The summed E-state index contributed by atoms with van der Waals surface area (Å²) in [4.78, 5) is 21.6. The lowest BCUT2D eigenvalue weighted by atomic mass is 9.94. The Morgan fingerprint density at radius 1 is 1.22 bits per heavy atom. The van der Waals surface area contributed by atoms with Crippen LogP contribution in [0.2, 0.25) is 0 Å². The van der Waals surface area contributed by atoms with Crippen LogP contribution in [-0.4, -0.2) is 51.7 Å². The molecule has 0 bridgehead atoms. The molecule has 152 valence electrons. The summed E-state index contributed by atoms with van der Waals surface area (Å²) in [5.41, 5.74) is -0.457. The molecule has 0 aliphatic carbocycles. The number of nitrogens with zero attached hydrogens (tertiary/aromatic N) is 3. The van der Waals surface area contributed by atoms with E-state index < -0.39 is 5.60 Å². The van der Waals surface area contributed by atoms with E-state index in [1.54, 1.807) is 0 Å². The van der Waals surface area contributed by atoms with Crippen LogP contribution < -0.4 is 0 Å². The molecule has 1 amide bonds. The SMILES string of the molecule is CC(C)c1cnc(CN2CCCC[C@@H]2[C@H]2CCCN2C(=O)OC(C)(C)C)o1. The molecule has 0 aromatic carbocycles. The molecule has 0 radical (unpaired) electrons. The second kappa shape index (κ2) is 8.21. The Balaban J connectivity index is 1.70. The average molecular weight is 378 g/mol. The first kappa shape index (κ1) is 20.2. The monoisotopic (exact) mass is 377 g/mol. The lowest BCUT2D eigenvalue weighted by Crippen LogP contribution is -2.53. The number of hydrogen-bond acceptors (Lipinski definition) is 5. The molecule has 1 aromatic heterocycles. The summed E-state index contributed by atoms with van der Waals surface area (Å²) in [6.45, 7) is 12.6. The van der Waals surface area contributed by atoms with Crippen molar-refractivity contribution in [2.75, 3.05) is 13.1 Å². The maximum atomic E-state index is 12.7. The number of piperidine rings is 1. The van der Waals surface area contributed by atoms with Gasteiger partial charge in [0.25, 0.3) is 0 Å². The van der Waals surface area contributed by atoms with Gasteiger partial charge in [-0.3, -0.25) is 4.90 Å². The van der Waals surface area contributed by atoms with Crippen molar-refractivity contribution in [1.82, 2.24) is 14.8 Å². The smallest absolute Gasteiger partial charge is 0.410 e. The van der Waals surface area contributed by atoms with Gasteiger partial charge in [0.15, 0.2) is 0 Å². The maximum absolute atomic E-state index is 12.7. The van der Waals surface area contributed by atoms with E-state index in [1.807, 2.05) is 31.9 Å². The van der Waals surface area contributed by atoms with Crippen molar-refractivity contribution in [2.45, 2.75) is 96.9 Å².